The molecule has 3 heterocycles. The van der Waals surface area contributed by atoms with Crippen LogP contribution < -0.4 is 0 Å². The predicted octanol–water partition coefficient (Wildman–Crippen LogP) is 5.45. The lowest BCUT2D eigenvalue weighted by Crippen LogP contribution is -2.52. The third kappa shape index (κ3) is 3.10. The van der Waals surface area contributed by atoms with Crippen LogP contribution in [0.1, 0.15) is 48.0 Å². The van der Waals surface area contributed by atoms with E-state index in [0.717, 1.165) is 35.9 Å². The quantitative estimate of drug-likeness (QED) is 0.581. The topological polar surface area (TPSA) is 33.5 Å². The van der Waals surface area contributed by atoms with E-state index in [4.69, 9.17) is 4.42 Å². The van der Waals surface area contributed by atoms with Crippen LogP contribution in [0.4, 0.5) is 0 Å². The van der Waals surface area contributed by atoms with Crippen molar-refractivity contribution in [2.75, 3.05) is 0 Å². The first-order valence-electron chi connectivity index (χ1n) is 10.1. The number of nitrogens with zero attached hydrogens (tertiary/aromatic N) is 1. The van der Waals surface area contributed by atoms with E-state index in [1.807, 2.05) is 24.3 Å². The summed E-state index contributed by atoms with van der Waals surface area (Å²) in [6.07, 6.45) is 7.32. The Morgan fingerprint density at radius 1 is 0.963 bits per heavy atom. The van der Waals surface area contributed by atoms with Gasteiger partial charge in [0.1, 0.15) is 11.8 Å². The summed E-state index contributed by atoms with van der Waals surface area (Å²) >= 11 is 0. The van der Waals surface area contributed by atoms with Crippen molar-refractivity contribution in [3.8, 4) is 0 Å². The van der Waals surface area contributed by atoms with Crippen molar-refractivity contribution >= 4 is 16.8 Å². The van der Waals surface area contributed by atoms with Crippen LogP contribution >= 0.6 is 0 Å². The van der Waals surface area contributed by atoms with E-state index >= 15 is 0 Å². The Morgan fingerprint density at radius 2 is 1.67 bits per heavy atom. The van der Waals surface area contributed by atoms with Crippen LogP contribution in [0.2, 0.25) is 0 Å². The van der Waals surface area contributed by atoms with Crippen LogP contribution in [-0.4, -0.2) is 22.8 Å². The lowest BCUT2D eigenvalue weighted by atomic mass is 9.75. The minimum absolute atomic E-state index is 0.119. The fraction of sp³-hybridized carbons (Fsp3) is 0.375. The van der Waals surface area contributed by atoms with Gasteiger partial charge in [0, 0.05) is 29.9 Å². The van der Waals surface area contributed by atoms with Crippen molar-refractivity contribution in [2.24, 2.45) is 5.92 Å². The number of fused-ring (bicyclic) bond motifs is 3. The van der Waals surface area contributed by atoms with Gasteiger partial charge in [-0.3, -0.25) is 9.69 Å². The molecule has 0 radical (unpaired) electrons. The third-order valence-corrected chi connectivity index (χ3v) is 6.45. The van der Waals surface area contributed by atoms with Crippen LogP contribution in [0.3, 0.4) is 0 Å². The van der Waals surface area contributed by atoms with Gasteiger partial charge in [-0.2, -0.15) is 0 Å². The first kappa shape index (κ1) is 16.8. The first-order valence-corrected chi connectivity index (χ1v) is 10.1. The molecule has 3 nitrogen and oxygen atoms in total. The molecule has 2 saturated heterocycles. The minimum Gasteiger partial charge on any atom is -0.464 e. The number of Topliss-reactive ketones (excluding diaryl/α,β-unsaturated/α-hetero) is 1. The molecule has 0 saturated carbocycles. The largest absolute Gasteiger partial charge is 0.464 e. The smallest absolute Gasteiger partial charge is 0.169 e. The molecule has 3 heteroatoms. The van der Waals surface area contributed by atoms with Crippen molar-refractivity contribution < 1.29 is 9.21 Å². The Hall–Kier alpha value is -2.39. The molecule has 3 aromatic rings. The molecule has 2 aliphatic rings. The lowest BCUT2D eigenvalue weighted by molar-refractivity contribution is 0.00909. The van der Waals surface area contributed by atoms with E-state index in [9.17, 15) is 4.79 Å². The highest BCUT2D eigenvalue weighted by atomic mass is 16.3. The van der Waals surface area contributed by atoms with Gasteiger partial charge in [-0.25, -0.2) is 0 Å². The predicted molar refractivity (Wildman–Crippen MR) is 107 cm³/mol. The Morgan fingerprint density at radius 3 is 2.44 bits per heavy atom. The number of benzene rings is 2. The summed E-state index contributed by atoms with van der Waals surface area (Å²) in [6, 6.07) is 19.6. The van der Waals surface area contributed by atoms with Crippen LogP contribution in [0, 0.1) is 5.92 Å². The number of furan rings is 1. The highest BCUT2D eigenvalue weighted by Gasteiger charge is 2.41. The molecule has 27 heavy (non-hydrogen) atoms. The summed E-state index contributed by atoms with van der Waals surface area (Å²) in [7, 11) is 0. The fourth-order valence-electron chi connectivity index (χ4n) is 5.13. The zero-order valence-corrected chi connectivity index (χ0v) is 15.5. The van der Waals surface area contributed by atoms with Crippen LogP contribution in [0.15, 0.2) is 65.3 Å². The summed E-state index contributed by atoms with van der Waals surface area (Å²) in [5.41, 5.74) is 2.95. The van der Waals surface area contributed by atoms with Crippen LogP contribution in [-0.2, 0) is 6.54 Å². The van der Waals surface area contributed by atoms with Crippen molar-refractivity contribution in [1.82, 2.24) is 4.90 Å². The number of carbonyl (C=O) groups excluding carboxylic acids is 1. The molecule has 2 bridgehead atoms. The lowest BCUT2D eigenvalue weighted by Gasteiger charge is -2.48. The average Bonchev–Trinajstić information content (AvgIpc) is 3.12. The normalized spacial score (nSPS) is 25.6. The van der Waals surface area contributed by atoms with E-state index in [1.54, 1.807) is 6.26 Å². The second-order valence-corrected chi connectivity index (χ2v) is 8.07. The van der Waals surface area contributed by atoms with E-state index in [-0.39, 0.29) is 11.7 Å². The summed E-state index contributed by atoms with van der Waals surface area (Å²) in [6.45, 7) is 1.01. The summed E-state index contributed by atoms with van der Waals surface area (Å²) < 4.78 is 5.62. The van der Waals surface area contributed by atoms with E-state index in [2.05, 4.69) is 35.2 Å². The molecule has 0 spiro atoms. The average molecular weight is 359 g/mol. The fourth-order valence-corrected chi connectivity index (χ4v) is 5.13. The number of ketones is 1. The number of hydrogen-bond donors (Lipinski definition) is 0. The molecule has 2 aliphatic heterocycles. The number of para-hydroxylation sites is 1. The van der Waals surface area contributed by atoms with Crippen LogP contribution in [0.25, 0.3) is 11.0 Å². The van der Waals surface area contributed by atoms with E-state index < -0.39 is 0 Å². The maximum atomic E-state index is 13.3. The number of piperidine rings is 2. The van der Waals surface area contributed by atoms with E-state index in [1.165, 1.54) is 24.8 Å². The van der Waals surface area contributed by atoms with Gasteiger partial charge in [0.15, 0.2) is 5.78 Å². The van der Waals surface area contributed by atoms with Gasteiger partial charge in [-0.15, -0.1) is 0 Å². The maximum absolute atomic E-state index is 13.3. The van der Waals surface area contributed by atoms with Crippen molar-refractivity contribution in [1.29, 1.82) is 0 Å². The molecule has 2 unspecified atom stereocenters. The molecule has 138 valence electrons. The number of hydrogen-bond acceptors (Lipinski definition) is 3. The molecule has 2 fully saturated rings. The second kappa shape index (κ2) is 6.97. The van der Waals surface area contributed by atoms with Crippen molar-refractivity contribution in [3.63, 3.8) is 0 Å². The molecule has 1 aromatic heterocycles. The zero-order valence-electron chi connectivity index (χ0n) is 15.5. The molecule has 0 N–H and O–H groups in total. The summed E-state index contributed by atoms with van der Waals surface area (Å²) in [5.74, 6) is 0.393. The maximum Gasteiger partial charge on any atom is 0.169 e. The van der Waals surface area contributed by atoms with E-state index in [0.29, 0.717) is 12.1 Å². The Bertz CT molecular complexity index is 931. The van der Waals surface area contributed by atoms with Crippen molar-refractivity contribution in [2.45, 2.75) is 50.7 Å². The molecular formula is C24H25NO2. The highest BCUT2D eigenvalue weighted by Crippen LogP contribution is 2.40. The molecule has 5 rings (SSSR count). The van der Waals surface area contributed by atoms with Gasteiger partial charge < -0.3 is 4.42 Å². The number of carbonyl (C=O) groups is 1. The third-order valence-electron chi connectivity index (χ3n) is 6.45. The molecule has 2 aromatic carbocycles. The second-order valence-electron chi connectivity index (χ2n) is 8.07. The summed E-state index contributed by atoms with van der Waals surface area (Å²) in [4.78, 5) is 16.0. The van der Waals surface area contributed by atoms with Crippen molar-refractivity contribution in [3.05, 3.63) is 72.0 Å². The van der Waals surface area contributed by atoms with Crippen LogP contribution in [0.5, 0.6) is 0 Å². The van der Waals surface area contributed by atoms with Gasteiger partial charge in [0.25, 0.3) is 0 Å². The van der Waals surface area contributed by atoms with Gasteiger partial charge in [-0.1, -0.05) is 55.0 Å². The highest BCUT2D eigenvalue weighted by molar-refractivity contribution is 6.08. The molecule has 0 aliphatic carbocycles. The minimum atomic E-state index is 0.119. The molecule has 0 amide bonds. The molecule has 2 atom stereocenters. The van der Waals surface area contributed by atoms with Gasteiger partial charge in [0.05, 0.1) is 5.56 Å². The van der Waals surface area contributed by atoms with Gasteiger partial charge in [0.2, 0.25) is 0 Å². The standard InChI is InChI=1S/C24H25NO2/c26-24(22-16-27-23-12-5-4-11-21(22)23)18-13-19-9-6-10-20(14-18)25(19)15-17-7-2-1-3-8-17/h1-5,7-8,11-12,16,18-20H,6,9-10,13-15H2. The zero-order chi connectivity index (χ0) is 18.2. The first-order chi connectivity index (χ1) is 13.3. The Labute approximate surface area is 160 Å². The molecular weight excluding hydrogens is 334 g/mol. The van der Waals surface area contributed by atoms with Gasteiger partial charge >= 0.3 is 0 Å². The summed E-state index contributed by atoms with van der Waals surface area (Å²) in [5, 5.41) is 0.958. The Balaban J connectivity index is 1.37. The van der Waals surface area contributed by atoms with Gasteiger partial charge in [-0.05, 0) is 37.3 Å². The Kier molecular flexibility index (Phi) is 4.33. The SMILES string of the molecule is O=C(c1coc2ccccc12)C1CC2CCCC(C1)N2Cc1ccccc1. The number of rotatable bonds is 4. The monoisotopic (exact) mass is 359 g/mol.